The zero-order chi connectivity index (χ0) is 11.5. The summed E-state index contributed by atoms with van der Waals surface area (Å²) in [5.41, 5.74) is 7.40. The van der Waals surface area contributed by atoms with E-state index in [1.807, 2.05) is 13.0 Å². The number of piperazine rings is 1. The van der Waals surface area contributed by atoms with E-state index >= 15 is 0 Å². The second-order valence-corrected chi connectivity index (χ2v) is 3.84. The lowest BCUT2D eigenvalue weighted by Crippen LogP contribution is -2.55. The van der Waals surface area contributed by atoms with E-state index in [2.05, 4.69) is 15.2 Å². The molecule has 0 aromatic carbocycles. The van der Waals surface area contributed by atoms with E-state index in [9.17, 15) is 4.79 Å². The van der Waals surface area contributed by atoms with Crippen molar-refractivity contribution in [2.45, 2.75) is 19.4 Å². The van der Waals surface area contributed by atoms with Crippen LogP contribution in [0.3, 0.4) is 0 Å². The predicted molar refractivity (Wildman–Crippen MR) is 63.1 cm³/mol. The van der Waals surface area contributed by atoms with Crippen molar-refractivity contribution in [2.24, 2.45) is 0 Å². The van der Waals surface area contributed by atoms with Gasteiger partial charge in [-0.15, -0.1) is 0 Å². The smallest absolute Gasteiger partial charge is 0.242 e. The maximum absolute atomic E-state index is 11.7. The average molecular weight is 220 g/mol. The number of carbonyl (C=O) groups excluding carboxylic acids is 1. The van der Waals surface area contributed by atoms with Gasteiger partial charge in [-0.05, 0) is 12.5 Å². The van der Waals surface area contributed by atoms with Gasteiger partial charge < -0.3 is 16.0 Å². The van der Waals surface area contributed by atoms with Gasteiger partial charge in [0.15, 0.2) is 0 Å². The number of amides is 1. The van der Waals surface area contributed by atoms with E-state index in [0.29, 0.717) is 12.2 Å². The molecule has 1 unspecified atom stereocenters. The Morgan fingerprint density at radius 1 is 1.69 bits per heavy atom. The maximum atomic E-state index is 11.7. The highest BCUT2D eigenvalue weighted by atomic mass is 16.2. The van der Waals surface area contributed by atoms with Crippen LogP contribution in [0.2, 0.25) is 0 Å². The number of anilines is 2. The highest BCUT2D eigenvalue weighted by molar-refractivity contribution is 5.87. The molecule has 1 fully saturated rings. The zero-order valence-corrected chi connectivity index (χ0v) is 9.31. The molecule has 0 aliphatic carbocycles. The highest BCUT2D eigenvalue weighted by Crippen LogP contribution is 2.25. The number of carbonyl (C=O) groups is 1. The van der Waals surface area contributed by atoms with Crippen LogP contribution in [-0.2, 0) is 4.79 Å². The SMILES string of the molecule is CCC1C(=O)NCCN1c1ccncc1N. The number of nitrogens with zero attached hydrogens (tertiary/aromatic N) is 2. The molecule has 0 bridgehead atoms. The molecule has 1 saturated heterocycles. The summed E-state index contributed by atoms with van der Waals surface area (Å²) in [6.45, 7) is 3.45. The Labute approximate surface area is 94.6 Å². The average Bonchev–Trinajstić information content (AvgIpc) is 2.29. The van der Waals surface area contributed by atoms with Gasteiger partial charge in [0.05, 0.1) is 17.6 Å². The summed E-state index contributed by atoms with van der Waals surface area (Å²) in [6.07, 6.45) is 4.09. The first-order valence-corrected chi connectivity index (χ1v) is 5.48. The molecule has 16 heavy (non-hydrogen) atoms. The van der Waals surface area contributed by atoms with Crippen LogP contribution in [0.1, 0.15) is 13.3 Å². The third-order valence-electron chi connectivity index (χ3n) is 2.85. The van der Waals surface area contributed by atoms with Gasteiger partial charge in [0.25, 0.3) is 0 Å². The number of hydrogen-bond acceptors (Lipinski definition) is 4. The minimum Gasteiger partial charge on any atom is -0.396 e. The molecule has 1 aliphatic heterocycles. The van der Waals surface area contributed by atoms with Gasteiger partial charge in [0, 0.05) is 19.3 Å². The quantitative estimate of drug-likeness (QED) is 0.755. The summed E-state index contributed by atoms with van der Waals surface area (Å²) in [7, 11) is 0. The molecule has 86 valence electrons. The van der Waals surface area contributed by atoms with Crippen molar-refractivity contribution >= 4 is 17.3 Å². The van der Waals surface area contributed by atoms with Gasteiger partial charge in [-0.1, -0.05) is 6.92 Å². The fraction of sp³-hybridized carbons (Fsp3) is 0.455. The van der Waals surface area contributed by atoms with Gasteiger partial charge in [0.2, 0.25) is 5.91 Å². The summed E-state index contributed by atoms with van der Waals surface area (Å²) in [6, 6.07) is 1.73. The Kier molecular flexibility index (Phi) is 2.94. The summed E-state index contributed by atoms with van der Waals surface area (Å²) in [5.74, 6) is 0.0740. The fourth-order valence-electron chi connectivity index (χ4n) is 2.07. The molecule has 1 aromatic rings. The van der Waals surface area contributed by atoms with Crippen molar-refractivity contribution in [1.29, 1.82) is 0 Å². The number of pyridine rings is 1. The zero-order valence-electron chi connectivity index (χ0n) is 9.31. The molecule has 1 aromatic heterocycles. The van der Waals surface area contributed by atoms with Crippen LogP contribution in [-0.4, -0.2) is 30.0 Å². The minimum absolute atomic E-state index is 0.0740. The van der Waals surface area contributed by atoms with Crippen molar-refractivity contribution < 1.29 is 4.79 Å². The number of nitrogens with one attached hydrogen (secondary N) is 1. The Bertz CT molecular complexity index is 393. The van der Waals surface area contributed by atoms with E-state index in [1.165, 1.54) is 0 Å². The molecule has 0 saturated carbocycles. The molecular weight excluding hydrogens is 204 g/mol. The normalized spacial score (nSPS) is 20.7. The number of nitrogens with two attached hydrogens (primary N) is 1. The second kappa shape index (κ2) is 4.38. The first-order chi connectivity index (χ1) is 7.74. The molecule has 3 N–H and O–H groups in total. The van der Waals surface area contributed by atoms with Gasteiger partial charge in [-0.3, -0.25) is 9.78 Å². The molecular formula is C11H16N4O. The van der Waals surface area contributed by atoms with E-state index < -0.39 is 0 Å². The van der Waals surface area contributed by atoms with Crippen LogP contribution in [0.25, 0.3) is 0 Å². The molecule has 5 nitrogen and oxygen atoms in total. The lowest BCUT2D eigenvalue weighted by molar-refractivity contribution is -0.123. The van der Waals surface area contributed by atoms with Crippen molar-refractivity contribution in [3.63, 3.8) is 0 Å². The fourth-order valence-corrected chi connectivity index (χ4v) is 2.07. The predicted octanol–water partition coefficient (Wildman–Crippen LogP) is 0.379. The van der Waals surface area contributed by atoms with Crippen LogP contribution < -0.4 is 16.0 Å². The van der Waals surface area contributed by atoms with Crippen molar-refractivity contribution in [2.75, 3.05) is 23.7 Å². The first kappa shape index (κ1) is 10.7. The first-order valence-electron chi connectivity index (χ1n) is 5.48. The van der Waals surface area contributed by atoms with E-state index in [0.717, 1.165) is 18.7 Å². The summed E-state index contributed by atoms with van der Waals surface area (Å²) in [4.78, 5) is 17.7. The number of aromatic nitrogens is 1. The molecule has 1 atom stereocenters. The molecule has 1 amide bonds. The third-order valence-corrected chi connectivity index (χ3v) is 2.85. The summed E-state index contributed by atoms with van der Waals surface area (Å²) < 4.78 is 0. The molecule has 2 rings (SSSR count). The highest BCUT2D eigenvalue weighted by Gasteiger charge is 2.28. The topological polar surface area (TPSA) is 71.2 Å². The van der Waals surface area contributed by atoms with E-state index in [1.54, 1.807) is 12.4 Å². The summed E-state index contributed by atoms with van der Waals surface area (Å²) in [5, 5.41) is 2.87. The van der Waals surface area contributed by atoms with E-state index in [4.69, 9.17) is 5.73 Å². The van der Waals surface area contributed by atoms with Crippen molar-refractivity contribution in [3.05, 3.63) is 18.5 Å². The van der Waals surface area contributed by atoms with Gasteiger partial charge in [-0.2, -0.15) is 0 Å². The van der Waals surface area contributed by atoms with Crippen molar-refractivity contribution in [3.8, 4) is 0 Å². The van der Waals surface area contributed by atoms with Crippen LogP contribution >= 0.6 is 0 Å². The van der Waals surface area contributed by atoms with Crippen LogP contribution in [0, 0.1) is 0 Å². The van der Waals surface area contributed by atoms with Crippen LogP contribution in [0.15, 0.2) is 18.5 Å². The number of nitrogen functional groups attached to an aromatic ring is 1. The van der Waals surface area contributed by atoms with Crippen LogP contribution in [0.5, 0.6) is 0 Å². The standard InChI is InChI=1S/C11H16N4O/c1-2-9-11(16)14-5-6-15(9)10-3-4-13-7-8(10)12/h3-4,7,9H,2,5-6,12H2,1H3,(H,14,16). The third kappa shape index (κ3) is 1.80. The van der Waals surface area contributed by atoms with E-state index in [-0.39, 0.29) is 11.9 Å². The Balaban J connectivity index is 2.31. The van der Waals surface area contributed by atoms with Crippen molar-refractivity contribution in [1.82, 2.24) is 10.3 Å². The second-order valence-electron chi connectivity index (χ2n) is 3.84. The number of hydrogen-bond donors (Lipinski definition) is 2. The molecule has 1 aliphatic rings. The van der Waals surface area contributed by atoms with Gasteiger partial charge >= 0.3 is 0 Å². The lowest BCUT2D eigenvalue weighted by Gasteiger charge is -2.36. The molecule has 2 heterocycles. The lowest BCUT2D eigenvalue weighted by atomic mass is 10.1. The minimum atomic E-state index is -0.126. The molecule has 0 spiro atoms. The maximum Gasteiger partial charge on any atom is 0.242 e. The number of rotatable bonds is 2. The Hall–Kier alpha value is -1.78. The largest absolute Gasteiger partial charge is 0.396 e. The summed E-state index contributed by atoms with van der Waals surface area (Å²) >= 11 is 0. The Morgan fingerprint density at radius 3 is 3.19 bits per heavy atom. The Morgan fingerprint density at radius 2 is 2.50 bits per heavy atom. The monoisotopic (exact) mass is 220 g/mol. The van der Waals surface area contributed by atoms with Gasteiger partial charge in [-0.25, -0.2) is 0 Å². The molecule has 5 heteroatoms. The van der Waals surface area contributed by atoms with Crippen LogP contribution in [0.4, 0.5) is 11.4 Å². The molecule has 0 radical (unpaired) electrons. The van der Waals surface area contributed by atoms with Gasteiger partial charge in [0.1, 0.15) is 6.04 Å².